The number of nitrogens with zero attached hydrogens (tertiary/aromatic N) is 1. The molecule has 2 aromatic rings. The number of hydrogen-bond donors (Lipinski definition) is 1. The maximum absolute atomic E-state index is 12.6. The van der Waals surface area contributed by atoms with E-state index in [1.54, 1.807) is 0 Å². The number of rotatable bonds is 9. The van der Waals surface area contributed by atoms with Gasteiger partial charge < -0.3 is 19.5 Å². The minimum absolute atomic E-state index is 0.0405. The number of nitrogens with one attached hydrogen (secondary N) is 1. The lowest BCUT2D eigenvalue weighted by molar-refractivity contribution is -0.384. The van der Waals surface area contributed by atoms with Crippen molar-refractivity contribution in [3.8, 4) is 5.75 Å². The van der Waals surface area contributed by atoms with Gasteiger partial charge >= 0.3 is 12.1 Å². The number of hydrogen-bond acceptors (Lipinski definition) is 7. The Kier molecular flexibility index (Phi) is 7.67. The summed E-state index contributed by atoms with van der Waals surface area (Å²) in [5.74, 6) is -0.540. The minimum atomic E-state index is -1.40. The highest BCUT2D eigenvalue weighted by Crippen LogP contribution is 2.19. The number of ether oxygens (including phenoxy) is 3. The molecular weight excluding hydrogens is 380 g/mol. The Labute approximate surface area is 167 Å². The van der Waals surface area contributed by atoms with E-state index in [2.05, 4.69) is 5.32 Å². The summed E-state index contributed by atoms with van der Waals surface area (Å²) in [5.41, 5.74) is -0.713. The molecule has 1 N–H and O–H groups in total. The first kappa shape index (κ1) is 21.8. The molecule has 0 spiro atoms. The number of methoxy groups -OCH3 is 1. The third-order valence-electron chi connectivity index (χ3n) is 4.01. The van der Waals surface area contributed by atoms with E-state index in [0.29, 0.717) is 0 Å². The average Bonchev–Trinajstić information content (AvgIpc) is 2.69. The van der Waals surface area contributed by atoms with Crippen molar-refractivity contribution in [2.75, 3.05) is 20.3 Å². The molecule has 1 atom stereocenters. The second-order valence-corrected chi connectivity index (χ2v) is 6.39. The number of benzene rings is 2. The Morgan fingerprint density at radius 1 is 1.07 bits per heavy atom. The zero-order chi connectivity index (χ0) is 21.3. The van der Waals surface area contributed by atoms with Crippen LogP contribution in [0.2, 0.25) is 0 Å². The maximum Gasteiger partial charge on any atom is 0.413 e. The third kappa shape index (κ3) is 6.58. The van der Waals surface area contributed by atoms with Gasteiger partial charge in [-0.1, -0.05) is 30.3 Å². The average molecular weight is 402 g/mol. The SMILES string of the molecule is COCCOC(=O)[C@](C)(Cc1ccccc1)NC(=O)Oc1ccc([N+](=O)[O-])cc1. The zero-order valence-electron chi connectivity index (χ0n) is 16.1. The van der Waals surface area contributed by atoms with E-state index in [-0.39, 0.29) is 31.1 Å². The molecule has 29 heavy (non-hydrogen) atoms. The Hall–Kier alpha value is -3.46. The number of esters is 1. The molecule has 9 nitrogen and oxygen atoms in total. The van der Waals surface area contributed by atoms with E-state index in [0.717, 1.165) is 5.56 Å². The summed E-state index contributed by atoms with van der Waals surface area (Å²) in [5, 5.41) is 13.2. The van der Waals surface area contributed by atoms with Crippen molar-refractivity contribution in [2.45, 2.75) is 18.9 Å². The first-order valence-electron chi connectivity index (χ1n) is 8.78. The quantitative estimate of drug-likeness (QED) is 0.297. The normalized spacial score (nSPS) is 12.5. The van der Waals surface area contributed by atoms with Crippen molar-refractivity contribution >= 4 is 17.7 Å². The van der Waals surface area contributed by atoms with Crippen LogP contribution in [0.3, 0.4) is 0 Å². The van der Waals surface area contributed by atoms with Crippen LogP contribution in [0.5, 0.6) is 5.75 Å². The van der Waals surface area contributed by atoms with Gasteiger partial charge in [-0.05, 0) is 24.6 Å². The van der Waals surface area contributed by atoms with Crippen molar-refractivity contribution in [3.63, 3.8) is 0 Å². The van der Waals surface area contributed by atoms with Gasteiger partial charge in [-0.25, -0.2) is 9.59 Å². The van der Waals surface area contributed by atoms with Gasteiger partial charge in [0.05, 0.1) is 11.5 Å². The van der Waals surface area contributed by atoms with Gasteiger partial charge in [-0.3, -0.25) is 10.1 Å². The van der Waals surface area contributed by atoms with Gasteiger partial charge in [0.25, 0.3) is 5.69 Å². The fourth-order valence-electron chi connectivity index (χ4n) is 2.54. The lowest BCUT2D eigenvalue weighted by Crippen LogP contribution is -2.55. The van der Waals surface area contributed by atoms with Crippen molar-refractivity contribution in [1.29, 1.82) is 0 Å². The highest BCUT2D eigenvalue weighted by atomic mass is 16.6. The highest BCUT2D eigenvalue weighted by Gasteiger charge is 2.37. The number of nitro benzene ring substituents is 1. The van der Waals surface area contributed by atoms with E-state index in [1.165, 1.54) is 38.3 Å². The fourth-order valence-corrected chi connectivity index (χ4v) is 2.54. The summed E-state index contributed by atoms with van der Waals surface area (Å²) in [6.45, 7) is 1.80. The van der Waals surface area contributed by atoms with Crippen molar-refractivity contribution in [1.82, 2.24) is 5.32 Å². The molecule has 0 bridgehead atoms. The molecule has 0 aliphatic rings. The van der Waals surface area contributed by atoms with Crippen LogP contribution < -0.4 is 10.1 Å². The molecule has 1 amide bonds. The molecule has 0 unspecified atom stereocenters. The van der Waals surface area contributed by atoms with Gasteiger partial charge in [0.1, 0.15) is 17.9 Å². The van der Waals surface area contributed by atoms with Crippen molar-refractivity contribution < 1.29 is 28.7 Å². The van der Waals surface area contributed by atoms with Crippen LogP contribution in [-0.2, 0) is 20.7 Å². The van der Waals surface area contributed by atoms with Crippen molar-refractivity contribution in [2.24, 2.45) is 0 Å². The van der Waals surface area contributed by atoms with Gasteiger partial charge in [0.15, 0.2) is 0 Å². The molecule has 2 aromatic carbocycles. The number of carbonyl (C=O) groups excluding carboxylic acids is 2. The molecule has 0 aromatic heterocycles. The number of amides is 1. The smallest absolute Gasteiger partial charge is 0.413 e. The molecule has 0 fully saturated rings. The zero-order valence-corrected chi connectivity index (χ0v) is 16.1. The van der Waals surface area contributed by atoms with E-state index >= 15 is 0 Å². The summed E-state index contributed by atoms with van der Waals surface area (Å²) in [6.07, 6.45) is -0.712. The first-order valence-corrected chi connectivity index (χ1v) is 8.78. The molecule has 0 aliphatic carbocycles. The fraction of sp³-hybridized carbons (Fsp3) is 0.300. The summed E-state index contributed by atoms with van der Waals surface area (Å²) in [4.78, 5) is 35.1. The van der Waals surface area contributed by atoms with E-state index in [4.69, 9.17) is 14.2 Å². The molecule has 0 radical (unpaired) electrons. The van der Waals surface area contributed by atoms with Crippen LogP contribution in [0, 0.1) is 10.1 Å². The van der Waals surface area contributed by atoms with Crippen LogP contribution in [-0.4, -0.2) is 42.8 Å². The summed E-state index contributed by atoms with van der Waals surface area (Å²) >= 11 is 0. The maximum atomic E-state index is 12.6. The Morgan fingerprint density at radius 2 is 1.72 bits per heavy atom. The second-order valence-electron chi connectivity index (χ2n) is 6.39. The molecule has 0 saturated heterocycles. The molecule has 0 heterocycles. The number of non-ortho nitro benzene ring substituents is 1. The predicted molar refractivity (Wildman–Crippen MR) is 104 cm³/mol. The Balaban J connectivity index is 2.11. The molecule has 9 heteroatoms. The van der Waals surface area contributed by atoms with Gasteiger partial charge in [0.2, 0.25) is 0 Å². The summed E-state index contributed by atoms with van der Waals surface area (Å²) in [7, 11) is 1.48. The van der Waals surface area contributed by atoms with Crippen molar-refractivity contribution in [3.05, 3.63) is 70.3 Å². The van der Waals surface area contributed by atoms with Gasteiger partial charge in [-0.2, -0.15) is 0 Å². The van der Waals surface area contributed by atoms with E-state index < -0.39 is 22.5 Å². The molecular formula is C20H22N2O7. The standard InChI is InChI=1S/C20H22N2O7/c1-20(18(23)28-13-12-27-2,14-15-6-4-3-5-7-15)21-19(24)29-17-10-8-16(9-11-17)22(25)26/h3-11H,12-14H2,1-2H3,(H,21,24)/t20-/m0/s1. The second kappa shape index (κ2) is 10.2. The molecule has 0 saturated carbocycles. The number of nitro groups is 1. The Bertz CT molecular complexity index is 840. The highest BCUT2D eigenvalue weighted by molar-refractivity contribution is 5.86. The van der Waals surface area contributed by atoms with Crippen LogP contribution in [0.25, 0.3) is 0 Å². The van der Waals surface area contributed by atoms with Crippen LogP contribution in [0.1, 0.15) is 12.5 Å². The minimum Gasteiger partial charge on any atom is -0.461 e. The van der Waals surface area contributed by atoms with Crippen LogP contribution in [0.15, 0.2) is 54.6 Å². The van der Waals surface area contributed by atoms with Gasteiger partial charge in [-0.15, -0.1) is 0 Å². The van der Waals surface area contributed by atoms with Gasteiger partial charge in [0, 0.05) is 25.7 Å². The summed E-state index contributed by atoms with van der Waals surface area (Å²) < 4.78 is 15.2. The number of carbonyl (C=O) groups is 2. The van der Waals surface area contributed by atoms with Crippen LogP contribution in [0.4, 0.5) is 10.5 Å². The van der Waals surface area contributed by atoms with E-state index in [1.807, 2.05) is 30.3 Å². The Morgan fingerprint density at radius 3 is 2.31 bits per heavy atom. The third-order valence-corrected chi connectivity index (χ3v) is 4.01. The molecule has 154 valence electrons. The lowest BCUT2D eigenvalue weighted by Gasteiger charge is -2.28. The summed E-state index contributed by atoms with van der Waals surface area (Å²) in [6, 6.07) is 14.1. The largest absolute Gasteiger partial charge is 0.461 e. The lowest BCUT2D eigenvalue weighted by atomic mass is 9.93. The predicted octanol–water partition coefficient (Wildman–Crippen LogP) is 2.87. The molecule has 2 rings (SSSR count). The molecule has 0 aliphatic heterocycles. The first-order chi connectivity index (χ1) is 13.8. The van der Waals surface area contributed by atoms with E-state index in [9.17, 15) is 19.7 Å². The van der Waals surface area contributed by atoms with Crippen LogP contribution >= 0.6 is 0 Å². The topological polar surface area (TPSA) is 117 Å². The monoisotopic (exact) mass is 402 g/mol.